The fourth-order valence-corrected chi connectivity index (χ4v) is 2.58. The van der Waals surface area contributed by atoms with Crippen molar-refractivity contribution in [2.75, 3.05) is 7.05 Å². The summed E-state index contributed by atoms with van der Waals surface area (Å²) < 4.78 is 0. The van der Waals surface area contributed by atoms with Crippen LogP contribution in [0.3, 0.4) is 0 Å². The Morgan fingerprint density at radius 2 is 2.10 bits per heavy atom. The van der Waals surface area contributed by atoms with Crippen LogP contribution < -0.4 is 5.32 Å². The summed E-state index contributed by atoms with van der Waals surface area (Å²) in [5, 5.41) is 2.51. The Morgan fingerprint density at radius 1 is 1.38 bits per heavy atom. The Bertz CT molecular complexity index is 622. The molecule has 1 aliphatic heterocycles. The molecule has 5 heteroatoms. The number of aryl methyl sites for hydroxylation is 1. The third-order valence-electron chi connectivity index (χ3n) is 3.66. The monoisotopic (exact) mass is 286 g/mol. The molecule has 1 N–H and O–H groups in total. The standard InChI is InChI=1S/C16H18N2O3/c1-4-5-9-12(14(19)17-3)18-15(20)11-8-6-7-10(2)13(11)16(18)21/h4,6-8,12H,1,5,9H2,2-3H3,(H,17,19). The molecule has 5 nitrogen and oxygen atoms in total. The molecule has 21 heavy (non-hydrogen) atoms. The van der Waals surface area contributed by atoms with Crippen LogP contribution in [0.15, 0.2) is 30.9 Å². The minimum Gasteiger partial charge on any atom is -0.357 e. The van der Waals surface area contributed by atoms with E-state index in [2.05, 4.69) is 11.9 Å². The van der Waals surface area contributed by atoms with Crippen molar-refractivity contribution in [1.29, 1.82) is 0 Å². The summed E-state index contributed by atoms with van der Waals surface area (Å²) in [5.41, 5.74) is 1.51. The zero-order chi connectivity index (χ0) is 15.6. The highest BCUT2D eigenvalue weighted by molar-refractivity contribution is 6.23. The van der Waals surface area contributed by atoms with E-state index in [0.717, 1.165) is 10.5 Å². The first-order valence-electron chi connectivity index (χ1n) is 6.83. The van der Waals surface area contributed by atoms with Crippen LogP contribution in [0.25, 0.3) is 0 Å². The minimum atomic E-state index is -0.806. The van der Waals surface area contributed by atoms with Crippen LogP contribution in [-0.4, -0.2) is 35.7 Å². The van der Waals surface area contributed by atoms with Crippen LogP contribution in [0.1, 0.15) is 39.1 Å². The molecule has 1 heterocycles. The maximum atomic E-state index is 12.6. The van der Waals surface area contributed by atoms with Crippen LogP contribution in [0, 0.1) is 6.92 Å². The van der Waals surface area contributed by atoms with Gasteiger partial charge in [0.15, 0.2) is 0 Å². The van der Waals surface area contributed by atoms with Gasteiger partial charge in [-0.25, -0.2) is 0 Å². The molecule has 110 valence electrons. The molecule has 0 aromatic heterocycles. The molecule has 3 amide bonds. The smallest absolute Gasteiger partial charge is 0.262 e. The van der Waals surface area contributed by atoms with E-state index in [0.29, 0.717) is 24.0 Å². The molecule has 0 saturated carbocycles. The number of imide groups is 1. The summed E-state index contributed by atoms with van der Waals surface area (Å²) in [6.45, 7) is 5.40. The first-order valence-corrected chi connectivity index (χ1v) is 6.83. The SMILES string of the molecule is C=CCCC(C(=O)NC)N1C(=O)c2cccc(C)c2C1=O. The number of amides is 3. The summed E-state index contributed by atoms with van der Waals surface area (Å²) in [6.07, 6.45) is 2.58. The molecule has 0 radical (unpaired) electrons. The summed E-state index contributed by atoms with van der Waals surface area (Å²) in [4.78, 5) is 38.1. The number of allylic oxidation sites excluding steroid dienone is 1. The molecular weight excluding hydrogens is 268 g/mol. The van der Waals surface area contributed by atoms with Gasteiger partial charge in [0.2, 0.25) is 5.91 Å². The lowest BCUT2D eigenvalue weighted by atomic mass is 10.0. The molecule has 1 atom stereocenters. The summed E-state index contributed by atoms with van der Waals surface area (Å²) in [6, 6.07) is 4.34. The van der Waals surface area contributed by atoms with Gasteiger partial charge in [-0.15, -0.1) is 6.58 Å². The lowest BCUT2D eigenvalue weighted by Gasteiger charge is -2.24. The average molecular weight is 286 g/mol. The molecule has 0 aliphatic carbocycles. The van der Waals surface area contributed by atoms with Crippen LogP contribution in [0.5, 0.6) is 0 Å². The van der Waals surface area contributed by atoms with Gasteiger partial charge in [-0.05, 0) is 31.4 Å². The lowest BCUT2D eigenvalue weighted by Crippen LogP contribution is -2.48. The quantitative estimate of drug-likeness (QED) is 0.661. The predicted octanol–water partition coefficient (Wildman–Crippen LogP) is 1.67. The van der Waals surface area contributed by atoms with Crippen molar-refractivity contribution in [1.82, 2.24) is 10.2 Å². The van der Waals surface area contributed by atoms with E-state index in [1.165, 1.54) is 7.05 Å². The summed E-state index contributed by atoms with van der Waals surface area (Å²) in [7, 11) is 1.49. The topological polar surface area (TPSA) is 66.5 Å². The van der Waals surface area contributed by atoms with Gasteiger partial charge in [0.1, 0.15) is 6.04 Å². The second kappa shape index (κ2) is 5.91. The molecule has 1 aromatic carbocycles. The van der Waals surface area contributed by atoms with E-state index in [1.807, 2.05) is 0 Å². The largest absolute Gasteiger partial charge is 0.357 e. The van der Waals surface area contributed by atoms with E-state index < -0.39 is 17.9 Å². The number of nitrogens with one attached hydrogen (secondary N) is 1. The van der Waals surface area contributed by atoms with Crippen molar-refractivity contribution >= 4 is 17.7 Å². The van der Waals surface area contributed by atoms with Crippen LogP contribution >= 0.6 is 0 Å². The number of rotatable bonds is 5. The molecule has 1 aliphatic rings. The van der Waals surface area contributed by atoms with Gasteiger partial charge in [-0.3, -0.25) is 19.3 Å². The van der Waals surface area contributed by atoms with E-state index in [1.54, 1.807) is 31.2 Å². The summed E-state index contributed by atoms with van der Waals surface area (Å²) in [5.74, 6) is -1.15. The normalized spacial score (nSPS) is 14.9. The Balaban J connectivity index is 2.42. The maximum Gasteiger partial charge on any atom is 0.262 e. The molecule has 0 saturated heterocycles. The number of carbonyl (C=O) groups is 3. The third-order valence-corrected chi connectivity index (χ3v) is 3.66. The van der Waals surface area contributed by atoms with Crippen molar-refractivity contribution in [2.24, 2.45) is 0 Å². The number of likely N-dealkylation sites (N-methyl/N-ethyl adjacent to an activating group) is 1. The van der Waals surface area contributed by atoms with Crippen LogP contribution in [0.2, 0.25) is 0 Å². The molecule has 2 rings (SSSR count). The van der Waals surface area contributed by atoms with Crippen LogP contribution in [0.4, 0.5) is 0 Å². The van der Waals surface area contributed by atoms with Crippen molar-refractivity contribution in [3.63, 3.8) is 0 Å². The fraction of sp³-hybridized carbons (Fsp3) is 0.312. The molecule has 1 unspecified atom stereocenters. The highest BCUT2D eigenvalue weighted by Gasteiger charge is 2.42. The fourth-order valence-electron chi connectivity index (χ4n) is 2.58. The molecule has 0 spiro atoms. The number of fused-ring (bicyclic) bond motifs is 1. The van der Waals surface area contributed by atoms with Gasteiger partial charge in [0, 0.05) is 7.05 Å². The lowest BCUT2D eigenvalue weighted by molar-refractivity contribution is -0.124. The summed E-state index contributed by atoms with van der Waals surface area (Å²) >= 11 is 0. The second-order valence-electron chi connectivity index (χ2n) is 4.97. The Labute approximate surface area is 123 Å². The van der Waals surface area contributed by atoms with Gasteiger partial charge in [-0.2, -0.15) is 0 Å². The van der Waals surface area contributed by atoms with Gasteiger partial charge in [0.25, 0.3) is 11.8 Å². The predicted molar refractivity (Wildman–Crippen MR) is 79.0 cm³/mol. The number of benzene rings is 1. The van der Waals surface area contributed by atoms with Gasteiger partial charge in [0.05, 0.1) is 11.1 Å². The van der Waals surface area contributed by atoms with Crippen molar-refractivity contribution < 1.29 is 14.4 Å². The zero-order valence-electron chi connectivity index (χ0n) is 12.2. The van der Waals surface area contributed by atoms with Crippen molar-refractivity contribution in [3.8, 4) is 0 Å². The molecule has 1 aromatic rings. The number of hydrogen-bond acceptors (Lipinski definition) is 3. The number of nitrogens with zero attached hydrogens (tertiary/aromatic N) is 1. The van der Waals surface area contributed by atoms with E-state index in [4.69, 9.17) is 0 Å². The molecule has 0 fully saturated rings. The zero-order valence-corrected chi connectivity index (χ0v) is 12.2. The minimum absolute atomic E-state index is 0.344. The van der Waals surface area contributed by atoms with E-state index >= 15 is 0 Å². The third kappa shape index (κ3) is 2.46. The maximum absolute atomic E-state index is 12.6. The second-order valence-corrected chi connectivity index (χ2v) is 4.97. The highest BCUT2D eigenvalue weighted by Crippen LogP contribution is 2.28. The van der Waals surface area contributed by atoms with E-state index in [9.17, 15) is 14.4 Å². The Kier molecular flexibility index (Phi) is 4.21. The van der Waals surface area contributed by atoms with Gasteiger partial charge >= 0.3 is 0 Å². The van der Waals surface area contributed by atoms with Gasteiger partial charge in [-0.1, -0.05) is 18.2 Å². The van der Waals surface area contributed by atoms with Crippen LogP contribution in [-0.2, 0) is 4.79 Å². The van der Waals surface area contributed by atoms with E-state index in [-0.39, 0.29) is 5.91 Å². The first-order chi connectivity index (χ1) is 10.0. The molecular formula is C16H18N2O3. The van der Waals surface area contributed by atoms with Crippen molar-refractivity contribution in [3.05, 3.63) is 47.5 Å². The Morgan fingerprint density at radius 3 is 2.67 bits per heavy atom. The highest BCUT2D eigenvalue weighted by atomic mass is 16.2. The number of carbonyl (C=O) groups excluding carboxylic acids is 3. The Hall–Kier alpha value is -2.43. The first kappa shape index (κ1) is 15.0. The number of hydrogen-bond donors (Lipinski definition) is 1. The van der Waals surface area contributed by atoms with Crippen molar-refractivity contribution in [2.45, 2.75) is 25.8 Å². The molecule has 0 bridgehead atoms. The van der Waals surface area contributed by atoms with Gasteiger partial charge < -0.3 is 5.32 Å². The average Bonchev–Trinajstić information content (AvgIpc) is 2.73.